The summed E-state index contributed by atoms with van der Waals surface area (Å²) in [5, 5.41) is 0. The van der Waals surface area contributed by atoms with Crippen molar-refractivity contribution in [2.24, 2.45) is 45.3 Å². The molecule has 3 nitrogen and oxygen atoms in total. The van der Waals surface area contributed by atoms with Crippen LogP contribution in [0.5, 0.6) is 0 Å². The molecule has 27 heavy (non-hydrogen) atoms. The fraction of sp³-hybridized carbons (Fsp3) is 1.00. The maximum absolute atomic E-state index is 6.58. The average Bonchev–Trinajstić information content (AvgIpc) is 3.33. The second-order valence-electron chi connectivity index (χ2n) is 12.5. The maximum atomic E-state index is 6.58. The summed E-state index contributed by atoms with van der Waals surface area (Å²) in [6.07, 6.45) is 8.24. The molecule has 2 heterocycles. The van der Waals surface area contributed by atoms with E-state index >= 15 is 0 Å². The third kappa shape index (κ3) is 1.83. The highest BCUT2D eigenvalue weighted by molar-refractivity contribution is 5.18. The molecule has 0 N–H and O–H groups in total. The molecule has 0 amide bonds. The molecule has 0 radical (unpaired) electrons. The monoisotopic (exact) mass is 374 g/mol. The molecule has 2 saturated heterocycles. The Bertz CT molecular complexity index is 615. The van der Waals surface area contributed by atoms with E-state index in [4.69, 9.17) is 14.2 Å². The van der Waals surface area contributed by atoms with E-state index in [-0.39, 0.29) is 12.6 Å². The lowest BCUT2D eigenvalue weighted by molar-refractivity contribution is -0.252. The molecule has 152 valence electrons. The zero-order chi connectivity index (χ0) is 19.0. The van der Waals surface area contributed by atoms with E-state index in [0.29, 0.717) is 45.7 Å². The lowest BCUT2D eigenvalue weighted by Crippen LogP contribution is -2.39. The zero-order valence-corrected chi connectivity index (χ0v) is 18.1. The van der Waals surface area contributed by atoms with Gasteiger partial charge < -0.3 is 14.2 Å². The minimum absolute atomic E-state index is 0.0432. The minimum atomic E-state index is -0.0432. The topological polar surface area (TPSA) is 27.7 Å². The van der Waals surface area contributed by atoms with Crippen LogP contribution in [0.25, 0.3) is 0 Å². The van der Waals surface area contributed by atoms with E-state index in [1.165, 1.54) is 25.7 Å². The number of ether oxygens (including phenoxy) is 3. The normalized spacial score (nSPS) is 61.6. The van der Waals surface area contributed by atoms with E-state index < -0.39 is 0 Å². The van der Waals surface area contributed by atoms with E-state index in [1.54, 1.807) is 0 Å². The molecule has 4 saturated carbocycles. The zero-order valence-electron chi connectivity index (χ0n) is 18.1. The first-order valence-electron chi connectivity index (χ1n) is 11.6. The highest BCUT2D eigenvalue weighted by Crippen LogP contribution is 2.72. The van der Waals surface area contributed by atoms with Crippen LogP contribution in [0.2, 0.25) is 0 Å². The van der Waals surface area contributed by atoms with Gasteiger partial charge in [-0.1, -0.05) is 41.5 Å². The molecular formula is C24H38O3. The Morgan fingerprint density at radius 3 is 1.44 bits per heavy atom. The van der Waals surface area contributed by atoms with Gasteiger partial charge in [-0.05, 0) is 71.0 Å². The van der Waals surface area contributed by atoms with Crippen LogP contribution in [0.4, 0.5) is 0 Å². The highest BCUT2D eigenvalue weighted by atomic mass is 16.8. The third-order valence-electron chi connectivity index (χ3n) is 11.6. The summed E-state index contributed by atoms with van der Waals surface area (Å²) in [4.78, 5) is 0. The van der Waals surface area contributed by atoms with Crippen LogP contribution in [-0.2, 0) is 14.2 Å². The molecule has 6 fully saturated rings. The quantitative estimate of drug-likeness (QED) is 0.650. The summed E-state index contributed by atoms with van der Waals surface area (Å²) in [6, 6.07) is 0. The van der Waals surface area contributed by atoms with Crippen molar-refractivity contribution in [3.8, 4) is 0 Å². The summed E-state index contributed by atoms with van der Waals surface area (Å²) in [6.45, 7) is 14.8. The van der Waals surface area contributed by atoms with Gasteiger partial charge in [0.15, 0.2) is 12.6 Å². The molecule has 0 aromatic heterocycles. The van der Waals surface area contributed by atoms with Gasteiger partial charge in [0.1, 0.15) is 0 Å². The lowest BCUT2D eigenvalue weighted by Gasteiger charge is -2.39. The van der Waals surface area contributed by atoms with Gasteiger partial charge in [-0.2, -0.15) is 0 Å². The predicted molar refractivity (Wildman–Crippen MR) is 104 cm³/mol. The standard InChI is InChI=1S/C24H38O3/c1-21(2)15-7-9-23(21,5)19-13(15)11-17(26-19)25-18-12-14-16-8-10-24(6,20(14)27-18)22(16,3)4/h13-20H,7-12H2,1-6H3/t13-,14-,15-,16+,17-,18-,19+,20-,23-,24+/m0/s1. The Hall–Kier alpha value is -0.120. The summed E-state index contributed by atoms with van der Waals surface area (Å²) in [5.41, 5.74) is 1.47. The van der Waals surface area contributed by atoms with E-state index in [9.17, 15) is 0 Å². The number of fused-ring (bicyclic) bond motifs is 10. The van der Waals surface area contributed by atoms with Crippen LogP contribution < -0.4 is 0 Å². The Labute approximate surface area is 164 Å². The van der Waals surface area contributed by atoms with Crippen LogP contribution in [0.15, 0.2) is 0 Å². The fourth-order valence-electron chi connectivity index (χ4n) is 9.31. The van der Waals surface area contributed by atoms with E-state index in [2.05, 4.69) is 41.5 Å². The van der Waals surface area contributed by atoms with Crippen molar-refractivity contribution in [3.05, 3.63) is 0 Å². The first-order chi connectivity index (χ1) is 12.6. The molecular weight excluding hydrogens is 336 g/mol. The third-order valence-corrected chi connectivity index (χ3v) is 11.6. The Morgan fingerprint density at radius 2 is 1.07 bits per heavy atom. The molecule has 0 unspecified atom stereocenters. The van der Waals surface area contributed by atoms with Gasteiger partial charge in [0.2, 0.25) is 0 Å². The Morgan fingerprint density at radius 1 is 0.667 bits per heavy atom. The van der Waals surface area contributed by atoms with Gasteiger partial charge in [-0.15, -0.1) is 0 Å². The molecule has 0 aromatic carbocycles. The average molecular weight is 375 g/mol. The maximum Gasteiger partial charge on any atom is 0.161 e. The molecule has 6 aliphatic rings. The van der Waals surface area contributed by atoms with Gasteiger partial charge in [0.05, 0.1) is 12.2 Å². The van der Waals surface area contributed by atoms with E-state index in [0.717, 1.165) is 24.7 Å². The van der Waals surface area contributed by atoms with Crippen molar-refractivity contribution in [2.75, 3.05) is 0 Å². The van der Waals surface area contributed by atoms with Crippen LogP contribution in [0, 0.1) is 45.3 Å². The molecule has 10 atom stereocenters. The van der Waals surface area contributed by atoms with Gasteiger partial charge in [-0.3, -0.25) is 0 Å². The second-order valence-corrected chi connectivity index (χ2v) is 12.5. The molecule has 4 bridgehead atoms. The Balaban J connectivity index is 1.15. The summed E-state index contributed by atoms with van der Waals surface area (Å²) in [5.74, 6) is 3.00. The van der Waals surface area contributed by atoms with Gasteiger partial charge in [0.25, 0.3) is 0 Å². The van der Waals surface area contributed by atoms with Crippen molar-refractivity contribution in [1.82, 2.24) is 0 Å². The molecule has 3 heteroatoms. The smallest absolute Gasteiger partial charge is 0.161 e. The van der Waals surface area contributed by atoms with Crippen molar-refractivity contribution in [1.29, 1.82) is 0 Å². The second kappa shape index (κ2) is 4.95. The Kier molecular flexibility index (Phi) is 3.25. The highest BCUT2D eigenvalue weighted by Gasteiger charge is 2.71. The first-order valence-corrected chi connectivity index (χ1v) is 11.6. The number of hydrogen-bond acceptors (Lipinski definition) is 3. The first kappa shape index (κ1) is 17.7. The van der Waals surface area contributed by atoms with Crippen LogP contribution >= 0.6 is 0 Å². The van der Waals surface area contributed by atoms with Crippen molar-refractivity contribution in [2.45, 2.75) is 105 Å². The van der Waals surface area contributed by atoms with Crippen molar-refractivity contribution < 1.29 is 14.2 Å². The van der Waals surface area contributed by atoms with Crippen molar-refractivity contribution in [3.63, 3.8) is 0 Å². The SMILES string of the molecule is CC1(C)[C@H]2CC[C@@]1(C)[C@@H]1O[C@H](O[C@@H]3C[C@H]4[C@H]5CC[C@](C)([C@H]4O3)C5(C)C)C[C@H]12. The molecule has 2 aliphatic heterocycles. The predicted octanol–water partition coefficient (Wildman–Crippen LogP) is 5.38. The fourth-order valence-corrected chi connectivity index (χ4v) is 9.31. The van der Waals surface area contributed by atoms with Gasteiger partial charge in [0, 0.05) is 12.8 Å². The van der Waals surface area contributed by atoms with E-state index in [1.807, 2.05) is 0 Å². The van der Waals surface area contributed by atoms with Gasteiger partial charge in [-0.25, -0.2) is 0 Å². The molecule has 0 aromatic rings. The summed E-state index contributed by atoms with van der Waals surface area (Å²) in [7, 11) is 0. The molecule has 6 rings (SSSR count). The molecule has 4 aliphatic carbocycles. The minimum Gasteiger partial charge on any atom is -0.348 e. The summed E-state index contributed by atoms with van der Waals surface area (Å²) >= 11 is 0. The number of hydrogen-bond donors (Lipinski definition) is 0. The lowest BCUT2D eigenvalue weighted by atomic mass is 9.70. The number of rotatable bonds is 2. The van der Waals surface area contributed by atoms with Crippen LogP contribution in [-0.4, -0.2) is 24.8 Å². The largest absolute Gasteiger partial charge is 0.348 e. The van der Waals surface area contributed by atoms with Gasteiger partial charge >= 0.3 is 0 Å². The van der Waals surface area contributed by atoms with Crippen LogP contribution in [0.3, 0.4) is 0 Å². The van der Waals surface area contributed by atoms with Crippen LogP contribution in [0.1, 0.15) is 80.1 Å². The van der Waals surface area contributed by atoms with Crippen molar-refractivity contribution >= 4 is 0 Å². The molecule has 0 spiro atoms. The summed E-state index contributed by atoms with van der Waals surface area (Å²) < 4.78 is 19.6.